The van der Waals surface area contributed by atoms with E-state index in [-0.39, 0.29) is 12.1 Å². The standard InChI is InChI=1S/C21H23F2N3O2S2/c1-14(30-10-20(27)15-3-6-17(29-2)7-4-15)21(28,11-26-13-24-12-25-26)18-8-5-16(22)9-19(18)23/h3-9,12-14,20,27-28H,10-11H2,1-2H3/t14-,20?,21-/m1/s1. The lowest BCUT2D eigenvalue weighted by Crippen LogP contribution is -2.41. The first-order valence-electron chi connectivity index (χ1n) is 9.27. The van der Waals surface area contributed by atoms with Gasteiger partial charge in [0.15, 0.2) is 0 Å². The van der Waals surface area contributed by atoms with Crippen molar-refractivity contribution in [3.8, 4) is 0 Å². The fourth-order valence-corrected chi connectivity index (χ4v) is 4.68. The molecule has 0 aliphatic rings. The minimum absolute atomic E-state index is 0.0294. The molecular formula is C21H23F2N3O2S2. The number of halogens is 2. The summed E-state index contributed by atoms with van der Waals surface area (Å²) in [6, 6.07) is 10.7. The molecule has 5 nitrogen and oxygen atoms in total. The van der Waals surface area contributed by atoms with Crippen molar-refractivity contribution >= 4 is 23.5 Å². The second kappa shape index (κ2) is 9.91. The molecule has 0 fully saturated rings. The highest BCUT2D eigenvalue weighted by atomic mass is 32.2. The fraction of sp³-hybridized carbons (Fsp3) is 0.333. The molecule has 3 atom stereocenters. The topological polar surface area (TPSA) is 71.2 Å². The largest absolute Gasteiger partial charge is 0.388 e. The molecular weight excluding hydrogens is 428 g/mol. The van der Waals surface area contributed by atoms with Crippen molar-refractivity contribution < 1.29 is 19.0 Å². The van der Waals surface area contributed by atoms with Gasteiger partial charge in [0.25, 0.3) is 0 Å². The van der Waals surface area contributed by atoms with E-state index in [9.17, 15) is 19.0 Å². The number of nitrogens with zero attached hydrogens (tertiary/aromatic N) is 3. The number of aliphatic hydroxyl groups is 2. The average Bonchev–Trinajstić information content (AvgIpc) is 3.24. The van der Waals surface area contributed by atoms with E-state index in [0.29, 0.717) is 5.75 Å². The minimum Gasteiger partial charge on any atom is -0.388 e. The second-order valence-electron chi connectivity index (χ2n) is 6.91. The molecule has 1 aromatic heterocycles. The molecule has 0 bridgehead atoms. The van der Waals surface area contributed by atoms with Crippen LogP contribution < -0.4 is 0 Å². The zero-order chi connectivity index (χ0) is 21.7. The van der Waals surface area contributed by atoms with Gasteiger partial charge in [0.05, 0.1) is 12.6 Å². The third-order valence-electron chi connectivity index (χ3n) is 4.94. The summed E-state index contributed by atoms with van der Waals surface area (Å²) in [7, 11) is 0. The molecule has 9 heteroatoms. The Morgan fingerprint density at radius 3 is 2.50 bits per heavy atom. The Balaban J connectivity index is 1.80. The molecule has 2 aromatic carbocycles. The number of aromatic nitrogens is 3. The van der Waals surface area contributed by atoms with Gasteiger partial charge in [0, 0.05) is 27.5 Å². The van der Waals surface area contributed by atoms with Crippen molar-refractivity contribution in [2.75, 3.05) is 12.0 Å². The van der Waals surface area contributed by atoms with Crippen LogP contribution in [0.3, 0.4) is 0 Å². The summed E-state index contributed by atoms with van der Waals surface area (Å²) in [5.74, 6) is -1.26. The highest BCUT2D eigenvalue weighted by Crippen LogP contribution is 2.37. The molecule has 1 unspecified atom stereocenters. The van der Waals surface area contributed by atoms with Gasteiger partial charge in [-0.3, -0.25) is 0 Å². The Kier molecular flexibility index (Phi) is 7.51. The Morgan fingerprint density at radius 1 is 1.17 bits per heavy atom. The molecule has 0 spiro atoms. The predicted octanol–water partition coefficient (Wildman–Crippen LogP) is 4.02. The zero-order valence-electron chi connectivity index (χ0n) is 16.6. The number of rotatable bonds is 9. The van der Waals surface area contributed by atoms with E-state index in [1.54, 1.807) is 18.7 Å². The Morgan fingerprint density at radius 2 is 1.90 bits per heavy atom. The summed E-state index contributed by atoms with van der Waals surface area (Å²) in [6.07, 6.45) is 3.97. The number of hydrogen-bond acceptors (Lipinski definition) is 6. The van der Waals surface area contributed by atoms with E-state index in [2.05, 4.69) is 10.1 Å². The van der Waals surface area contributed by atoms with Gasteiger partial charge in [-0.15, -0.1) is 11.8 Å². The summed E-state index contributed by atoms with van der Waals surface area (Å²) in [6.45, 7) is 1.68. The number of hydrogen-bond donors (Lipinski definition) is 2. The molecule has 0 amide bonds. The molecule has 2 N–H and O–H groups in total. The second-order valence-corrected chi connectivity index (χ2v) is 9.16. The van der Waals surface area contributed by atoms with Crippen molar-refractivity contribution in [3.05, 3.63) is 77.9 Å². The Hall–Kier alpha value is -1.94. The van der Waals surface area contributed by atoms with E-state index in [0.717, 1.165) is 22.6 Å². The summed E-state index contributed by atoms with van der Waals surface area (Å²) >= 11 is 2.92. The van der Waals surface area contributed by atoms with Crippen LogP contribution in [0.2, 0.25) is 0 Å². The van der Waals surface area contributed by atoms with Gasteiger partial charge in [-0.05, 0) is 30.0 Å². The van der Waals surface area contributed by atoms with Crippen LogP contribution in [0.15, 0.2) is 60.0 Å². The molecule has 160 valence electrons. The maximum Gasteiger partial charge on any atom is 0.137 e. The SMILES string of the molecule is CSc1ccc(C(O)CS[C@H](C)[C@](O)(Cn2cncn2)c2ccc(F)cc2F)cc1. The molecule has 0 aliphatic carbocycles. The molecule has 0 radical (unpaired) electrons. The van der Waals surface area contributed by atoms with E-state index in [1.807, 2.05) is 30.5 Å². The zero-order valence-corrected chi connectivity index (χ0v) is 18.2. The van der Waals surface area contributed by atoms with E-state index >= 15 is 0 Å². The normalized spacial score (nSPS) is 15.5. The summed E-state index contributed by atoms with van der Waals surface area (Å²) < 4.78 is 29.4. The highest BCUT2D eigenvalue weighted by Gasteiger charge is 2.39. The van der Waals surface area contributed by atoms with Gasteiger partial charge in [-0.2, -0.15) is 16.9 Å². The van der Waals surface area contributed by atoms with E-state index < -0.39 is 28.6 Å². The lowest BCUT2D eigenvalue weighted by atomic mass is 9.90. The third-order valence-corrected chi connectivity index (χ3v) is 7.09. The van der Waals surface area contributed by atoms with E-state index in [4.69, 9.17) is 0 Å². The van der Waals surface area contributed by atoms with Crippen LogP contribution in [0.25, 0.3) is 0 Å². The maximum atomic E-state index is 14.6. The summed E-state index contributed by atoms with van der Waals surface area (Å²) in [5, 5.41) is 25.5. The van der Waals surface area contributed by atoms with Gasteiger partial charge in [0.2, 0.25) is 0 Å². The monoisotopic (exact) mass is 451 g/mol. The summed E-state index contributed by atoms with van der Waals surface area (Å²) in [5.41, 5.74) is -0.961. The fourth-order valence-electron chi connectivity index (χ4n) is 3.13. The maximum absolute atomic E-state index is 14.6. The highest BCUT2D eigenvalue weighted by molar-refractivity contribution is 8.00. The quantitative estimate of drug-likeness (QED) is 0.479. The molecule has 3 aromatic rings. The van der Waals surface area contributed by atoms with Crippen molar-refractivity contribution in [2.24, 2.45) is 0 Å². The lowest BCUT2D eigenvalue weighted by molar-refractivity contribution is 0.0132. The van der Waals surface area contributed by atoms with Crippen LogP contribution in [-0.2, 0) is 12.1 Å². The Labute approximate surface area is 182 Å². The van der Waals surface area contributed by atoms with Gasteiger partial charge in [-0.1, -0.05) is 25.1 Å². The third kappa shape index (κ3) is 5.21. The van der Waals surface area contributed by atoms with Crippen molar-refractivity contribution in [1.29, 1.82) is 0 Å². The van der Waals surface area contributed by atoms with Crippen molar-refractivity contribution in [2.45, 2.75) is 35.3 Å². The lowest BCUT2D eigenvalue weighted by Gasteiger charge is -2.34. The minimum atomic E-state index is -1.70. The molecule has 0 aliphatic heterocycles. The van der Waals surface area contributed by atoms with Gasteiger partial charge in [0.1, 0.15) is 29.9 Å². The number of benzene rings is 2. The van der Waals surface area contributed by atoms with Crippen LogP contribution in [0.1, 0.15) is 24.2 Å². The molecule has 0 saturated heterocycles. The first-order chi connectivity index (χ1) is 14.3. The average molecular weight is 452 g/mol. The smallest absolute Gasteiger partial charge is 0.137 e. The van der Waals surface area contributed by atoms with Crippen LogP contribution in [0, 0.1) is 11.6 Å². The first kappa shape index (κ1) is 22.7. The van der Waals surface area contributed by atoms with E-state index in [1.165, 1.54) is 35.2 Å². The van der Waals surface area contributed by atoms with Gasteiger partial charge in [-0.25, -0.2) is 18.4 Å². The van der Waals surface area contributed by atoms with Crippen molar-refractivity contribution in [3.63, 3.8) is 0 Å². The van der Waals surface area contributed by atoms with Crippen LogP contribution in [-0.4, -0.2) is 42.2 Å². The first-order valence-corrected chi connectivity index (χ1v) is 11.5. The molecule has 0 saturated carbocycles. The van der Waals surface area contributed by atoms with Crippen molar-refractivity contribution in [1.82, 2.24) is 14.8 Å². The number of thioether (sulfide) groups is 2. The predicted molar refractivity (Wildman–Crippen MR) is 115 cm³/mol. The molecule has 1 heterocycles. The number of aliphatic hydroxyl groups excluding tert-OH is 1. The van der Waals surface area contributed by atoms with Crippen LogP contribution >= 0.6 is 23.5 Å². The van der Waals surface area contributed by atoms with Gasteiger partial charge >= 0.3 is 0 Å². The summed E-state index contributed by atoms with van der Waals surface area (Å²) in [4.78, 5) is 4.96. The van der Waals surface area contributed by atoms with Gasteiger partial charge < -0.3 is 10.2 Å². The molecule has 30 heavy (non-hydrogen) atoms. The van der Waals surface area contributed by atoms with Crippen LogP contribution in [0.5, 0.6) is 0 Å². The molecule has 3 rings (SSSR count). The van der Waals surface area contributed by atoms with Crippen LogP contribution in [0.4, 0.5) is 8.78 Å². The Bertz CT molecular complexity index is 957.